The predicted octanol–water partition coefficient (Wildman–Crippen LogP) is 8.33. The molecule has 0 heterocycles. The molecule has 0 aliphatic carbocycles. The zero-order chi connectivity index (χ0) is 21.8. The van der Waals surface area contributed by atoms with Crippen LogP contribution in [0.15, 0.2) is 23.8 Å². The van der Waals surface area contributed by atoms with Crippen LogP contribution in [-0.4, -0.2) is 10.2 Å². The van der Waals surface area contributed by atoms with E-state index in [1.807, 2.05) is 6.92 Å². The summed E-state index contributed by atoms with van der Waals surface area (Å²) in [5, 5.41) is 19.9. The van der Waals surface area contributed by atoms with Gasteiger partial charge in [-0.05, 0) is 68.6 Å². The molecule has 2 heteroatoms. The first kappa shape index (κ1) is 25.6. The maximum absolute atomic E-state index is 10.0. The number of aromatic hydroxyl groups is 2. The van der Waals surface area contributed by atoms with Crippen LogP contribution >= 0.6 is 0 Å². The number of phenols is 2. The SMILES string of the molecule is CC(=CCc1c(O)ccc(O)c1C)CCC[C@H](C)CCC[C@H](C)CCCC(C)C. The molecule has 1 rings (SSSR count). The van der Waals surface area contributed by atoms with Crippen LogP contribution < -0.4 is 0 Å². The van der Waals surface area contributed by atoms with Gasteiger partial charge in [0.2, 0.25) is 0 Å². The molecule has 0 unspecified atom stereocenters. The first-order valence-electron chi connectivity index (χ1n) is 11.9. The lowest BCUT2D eigenvalue weighted by atomic mass is 9.91. The van der Waals surface area contributed by atoms with Crippen molar-refractivity contribution < 1.29 is 10.2 Å². The van der Waals surface area contributed by atoms with E-state index in [2.05, 4.69) is 40.7 Å². The van der Waals surface area contributed by atoms with Crippen LogP contribution in [0.25, 0.3) is 0 Å². The Kier molecular flexibility index (Phi) is 12.1. The van der Waals surface area contributed by atoms with E-state index < -0.39 is 0 Å². The van der Waals surface area contributed by atoms with E-state index in [4.69, 9.17) is 0 Å². The molecule has 29 heavy (non-hydrogen) atoms. The Hall–Kier alpha value is -1.44. The summed E-state index contributed by atoms with van der Waals surface area (Å²) in [4.78, 5) is 0. The second-order valence-corrected chi connectivity index (χ2v) is 9.82. The fourth-order valence-electron chi connectivity index (χ4n) is 4.07. The third-order valence-corrected chi connectivity index (χ3v) is 6.34. The van der Waals surface area contributed by atoms with E-state index in [9.17, 15) is 10.2 Å². The molecule has 0 aromatic heterocycles. The highest BCUT2D eigenvalue weighted by molar-refractivity contribution is 5.47. The maximum Gasteiger partial charge on any atom is 0.119 e. The van der Waals surface area contributed by atoms with Gasteiger partial charge in [0.1, 0.15) is 11.5 Å². The van der Waals surface area contributed by atoms with Crippen LogP contribution in [0.3, 0.4) is 0 Å². The molecule has 0 bridgehead atoms. The summed E-state index contributed by atoms with van der Waals surface area (Å²) in [6.45, 7) is 13.5. The first-order valence-corrected chi connectivity index (χ1v) is 11.9. The standard InChI is InChI=1S/C27H46O2/c1-20(2)10-7-11-21(3)12-8-13-22(4)14-9-15-23(5)16-17-25-24(6)26(28)18-19-27(25)29/h16,18-22,28-29H,7-15,17H2,1-6H3/t21-,22-/m1/s1. The van der Waals surface area contributed by atoms with Gasteiger partial charge >= 0.3 is 0 Å². The van der Waals surface area contributed by atoms with Crippen molar-refractivity contribution >= 4 is 0 Å². The van der Waals surface area contributed by atoms with E-state index in [0.717, 1.165) is 35.3 Å². The number of rotatable bonds is 14. The maximum atomic E-state index is 10.0. The van der Waals surface area contributed by atoms with Gasteiger partial charge in [0.15, 0.2) is 0 Å². The largest absolute Gasteiger partial charge is 0.508 e. The highest BCUT2D eigenvalue weighted by Gasteiger charge is 2.09. The van der Waals surface area contributed by atoms with Crippen LogP contribution in [0, 0.1) is 24.7 Å². The molecule has 2 atom stereocenters. The van der Waals surface area contributed by atoms with E-state index in [1.54, 1.807) is 12.1 Å². The van der Waals surface area contributed by atoms with Gasteiger partial charge in [-0.1, -0.05) is 84.3 Å². The van der Waals surface area contributed by atoms with Crippen LogP contribution in [0.5, 0.6) is 11.5 Å². The Morgan fingerprint density at radius 1 is 0.828 bits per heavy atom. The molecule has 0 saturated carbocycles. The van der Waals surface area contributed by atoms with Gasteiger partial charge in [0.05, 0.1) is 0 Å². The zero-order valence-corrected chi connectivity index (χ0v) is 19.9. The average Bonchev–Trinajstić information content (AvgIpc) is 2.64. The predicted molar refractivity (Wildman–Crippen MR) is 127 cm³/mol. The van der Waals surface area contributed by atoms with Gasteiger partial charge in [-0.2, -0.15) is 0 Å². The Balaban J connectivity index is 2.22. The summed E-state index contributed by atoms with van der Waals surface area (Å²) in [6.07, 6.45) is 14.8. The van der Waals surface area contributed by atoms with Crippen molar-refractivity contribution in [2.45, 2.75) is 106 Å². The lowest BCUT2D eigenvalue weighted by molar-refractivity contribution is 0.389. The highest BCUT2D eigenvalue weighted by atomic mass is 16.3. The second-order valence-electron chi connectivity index (χ2n) is 9.82. The highest BCUT2D eigenvalue weighted by Crippen LogP contribution is 2.29. The van der Waals surface area contributed by atoms with E-state index in [-0.39, 0.29) is 11.5 Å². The van der Waals surface area contributed by atoms with Crippen LogP contribution in [0.4, 0.5) is 0 Å². The number of hydrogen-bond acceptors (Lipinski definition) is 2. The molecule has 1 aromatic rings. The van der Waals surface area contributed by atoms with E-state index >= 15 is 0 Å². The molecule has 0 amide bonds. The van der Waals surface area contributed by atoms with Gasteiger partial charge in [-0.15, -0.1) is 0 Å². The van der Waals surface area contributed by atoms with Crippen molar-refractivity contribution in [3.63, 3.8) is 0 Å². The molecule has 0 aliphatic rings. The molecule has 0 fully saturated rings. The minimum Gasteiger partial charge on any atom is -0.508 e. The summed E-state index contributed by atoms with van der Waals surface area (Å²) >= 11 is 0. The van der Waals surface area contributed by atoms with Gasteiger partial charge in [0, 0.05) is 5.56 Å². The van der Waals surface area contributed by atoms with E-state index in [0.29, 0.717) is 6.42 Å². The lowest BCUT2D eigenvalue weighted by Gasteiger charge is -2.15. The monoisotopic (exact) mass is 402 g/mol. The third kappa shape index (κ3) is 10.8. The van der Waals surface area contributed by atoms with Gasteiger partial charge in [0.25, 0.3) is 0 Å². The summed E-state index contributed by atoms with van der Waals surface area (Å²) in [7, 11) is 0. The Morgan fingerprint density at radius 3 is 1.93 bits per heavy atom. The normalized spacial score (nSPS) is 14.4. The molecule has 0 aliphatic heterocycles. The molecule has 166 valence electrons. The van der Waals surface area contributed by atoms with Crippen molar-refractivity contribution in [1.82, 2.24) is 0 Å². The molecule has 0 saturated heterocycles. The van der Waals surface area contributed by atoms with Crippen molar-refractivity contribution in [2.75, 3.05) is 0 Å². The number of benzene rings is 1. The minimum absolute atomic E-state index is 0.256. The van der Waals surface area contributed by atoms with Crippen molar-refractivity contribution in [3.8, 4) is 11.5 Å². The molecule has 1 aromatic carbocycles. The van der Waals surface area contributed by atoms with Crippen molar-refractivity contribution in [3.05, 3.63) is 34.9 Å². The minimum atomic E-state index is 0.256. The number of hydrogen-bond donors (Lipinski definition) is 2. The molecular formula is C27H46O2. The Morgan fingerprint density at radius 2 is 1.34 bits per heavy atom. The fraction of sp³-hybridized carbons (Fsp3) is 0.704. The quantitative estimate of drug-likeness (QED) is 0.242. The summed E-state index contributed by atoms with van der Waals surface area (Å²) in [5.41, 5.74) is 2.99. The van der Waals surface area contributed by atoms with Crippen LogP contribution in [-0.2, 0) is 6.42 Å². The number of phenolic OH excluding ortho intramolecular Hbond substituents is 2. The summed E-state index contributed by atoms with van der Waals surface area (Å²) < 4.78 is 0. The number of allylic oxidation sites excluding steroid dienone is 2. The first-order chi connectivity index (χ1) is 13.7. The van der Waals surface area contributed by atoms with E-state index in [1.165, 1.54) is 56.9 Å². The molecule has 0 radical (unpaired) electrons. The van der Waals surface area contributed by atoms with Crippen molar-refractivity contribution in [2.24, 2.45) is 17.8 Å². The van der Waals surface area contributed by atoms with Crippen molar-refractivity contribution in [1.29, 1.82) is 0 Å². The van der Waals surface area contributed by atoms with Crippen LogP contribution in [0.2, 0.25) is 0 Å². The summed E-state index contributed by atoms with van der Waals surface area (Å²) in [6, 6.07) is 3.13. The fourth-order valence-corrected chi connectivity index (χ4v) is 4.07. The lowest BCUT2D eigenvalue weighted by Crippen LogP contribution is -2.00. The van der Waals surface area contributed by atoms with Gasteiger partial charge in [-0.25, -0.2) is 0 Å². The third-order valence-electron chi connectivity index (χ3n) is 6.34. The Labute approximate surface area is 180 Å². The smallest absolute Gasteiger partial charge is 0.119 e. The topological polar surface area (TPSA) is 40.5 Å². The molecular weight excluding hydrogens is 356 g/mol. The van der Waals surface area contributed by atoms with Gasteiger partial charge in [-0.3, -0.25) is 0 Å². The summed E-state index contributed by atoms with van der Waals surface area (Å²) in [5.74, 6) is 3.06. The second kappa shape index (κ2) is 13.7. The Bertz CT molecular complexity index is 615. The zero-order valence-electron chi connectivity index (χ0n) is 19.9. The molecule has 0 spiro atoms. The molecule has 2 N–H and O–H groups in total. The molecule has 2 nitrogen and oxygen atoms in total. The average molecular weight is 403 g/mol. The van der Waals surface area contributed by atoms with Crippen LogP contribution in [0.1, 0.15) is 104 Å². The van der Waals surface area contributed by atoms with Gasteiger partial charge < -0.3 is 10.2 Å².